The Bertz CT molecular complexity index is 1560. The van der Waals surface area contributed by atoms with Gasteiger partial charge in [-0.2, -0.15) is 0 Å². The molecule has 1 atom stereocenters. The van der Waals surface area contributed by atoms with Crippen molar-refractivity contribution in [3.05, 3.63) is 134 Å². The van der Waals surface area contributed by atoms with E-state index < -0.39 is 12.1 Å². The number of hydrogen-bond donors (Lipinski definition) is 0. The lowest BCUT2D eigenvalue weighted by molar-refractivity contribution is -0.166. The minimum atomic E-state index is -0.832. The summed E-state index contributed by atoms with van der Waals surface area (Å²) in [7, 11) is 0. The second-order valence-corrected chi connectivity index (χ2v) is 18.8. The Kier molecular flexibility index (Phi) is 55.5. The molecule has 0 aliphatic rings. The Morgan fingerprint density at radius 2 is 0.597 bits per heavy atom. The summed E-state index contributed by atoms with van der Waals surface area (Å²) in [6.07, 6.45) is 83.2. The average molecular weight is 996 g/mol. The van der Waals surface area contributed by atoms with Crippen LogP contribution in [0.2, 0.25) is 0 Å². The Hall–Kier alpha value is -4.45. The highest BCUT2D eigenvalue weighted by molar-refractivity contribution is 5.72. The fourth-order valence-electron chi connectivity index (χ4n) is 7.59. The third kappa shape index (κ3) is 56.5. The third-order valence-corrected chi connectivity index (χ3v) is 11.9. The summed E-state index contributed by atoms with van der Waals surface area (Å²) in [6.45, 7) is 6.30. The van der Waals surface area contributed by atoms with E-state index in [0.717, 1.165) is 122 Å². The molecule has 0 aromatic rings. The van der Waals surface area contributed by atoms with E-state index in [4.69, 9.17) is 14.2 Å². The molecule has 0 bridgehead atoms. The number of rotatable bonds is 51. The standard InChI is InChI=1S/C66H106O6/c1-4-7-10-13-16-19-22-25-28-30-31-32-33-34-35-36-39-41-44-47-50-53-56-59-65(68)71-62-63(61-70-64(67)58-55-52-49-46-43-40-37-27-24-21-18-15-12-9-6-3)72-66(69)60-57-54-51-48-45-42-38-29-26-23-20-17-14-11-8-5-2/h7,9-10,12,16,18-19,21,25,27-29,31-32,34-35,37-38,43,46,52,55,63H,4-6,8,11,13-15,17,20,22-24,26,30,33,36,39-42,44-45,47-51,53-54,56-62H2,1-3H3/b10-7-,12-9-,19-16-,21-18-,28-25-,32-31-,35-34-,37-27-,38-29-,46-43-,55-52-. The van der Waals surface area contributed by atoms with Crippen molar-refractivity contribution < 1.29 is 28.6 Å². The largest absolute Gasteiger partial charge is 0.462 e. The second kappa shape index (κ2) is 59.1. The molecule has 406 valence electrons. The predicted octanol–water partition coefficient (Wildman–Crippen LogP) is 19.8. The van der Waals surface area contributed by atoms with Crippen LogP contribution in [0, 0.1) is 0 Å². The minimum absolute atomic E-state index is 0.118. The molecule has 0 saturated heterocycles. The maximum absolute atomic E-state index is 12.9. The Balaban J connectivity index is 4.50. The van der Waals surface area contributed by atoms with Crippen LogP contribution in [0.3, 0.4) is 0 Å². The van der Waals surface area contributed by atoms with Crippen LogP contribution in [-0.4, -0.2) is 37.2 Å². The summed E-state index contributed by atoms with van der Waals surface area (Å²) in [4.78, 5) is 38.1. The molecule has 6 nitrogen and oxygen atoms in total. The van der Waals surface area contributed by atoms with Crippen LogP contribution in [0.4, 0.5) is 0 Å². The Morgan fingerprint density at radius 1 is 0.306 bits per heavy atom. The second-order valence-electron chi connectivity index (χ2n) is 18.8. The number of hydrogen-bond acceptors (Lipinski definition) is 6. The van der Waals surface area contributed by atoms with Crippen molar-refractivity contribution in [3.8, 4) is 0 Å². The zero-order valence-corrected chi connectivity index (χ0v) is 46.4. The lowest BCUT2D eigenvalue weighted by atomic mass is 10.1. The van der Waals surface area contributed by atoms with Gasteiger partial charge in [0, 0.05) is 12.8 Å². The van der Waals surface area contributed by atoms with E-state index in [-0.39, 0.29) is 31.6 Å². The molecular formula is C66H106O6. The number of carbonyl (C=O) groups excluding carboxylic acids is 3. The molecule has 0 heterocycles. The molecule has 0 spiro atoms. The molecule has 0 aliphatic heterocycles. The van der Waals surface area contributed by atoms with Crippen LogP contribution in [0.15, 0.2) is 134 Å². The van der Waals surface area contributed by atoms with E-state index in [1.807, 2.05) is 6.08 Å². The van der Waals surface area contributed by atoms with E-state index in [1.165, 1.54) is 83.5 Å². The zero-order chi connectivity index (χ0) is 52.2. The van der Waals surface area contributed by atoms with Crippen molar-refractivity contribution >= 4 is 17.9 Å². The van der Waals surface area contributed by atoms with Crippen molar-refractivity contribution in [2.75, 3.05) is 13.2 Å². The van der Waals surface area contributed by atoms with Gasteiger partial charge < -0.3 is 14.2 Å². The summed E-state index contributed by atoms with van der Waals surface area (Å²) in [5.74, 6) is -1.08. The normalized spacial score (nSPS) is 13.1. The quantitative estimate of drug-likeness (QED) is 0.0261. The maximum Gasteiger partial charge on any atom is 0.309 e. The van der Waals surface area contributed by atoms with Gasteiger partial charge in [-0.1, -0.05) is 244 Å². The van der Waals surface area contributed by atoms with Gasteiger partial charge in [0.25, 0.3) is 0 Å². The number of unbranched alkanes of at least 4 members (excludes halogenated alkanes) is 19. The van der Waals surface area contributed by atoms with Gasteiger partial charge in [0.05, 0.1) is 6.42 Å². The molecule has 0 aliphatic carbocycles. The van der Waals surface area contributed by atoms with Gasteiger partial charge in [-0.15, -0.1) is 0 Å². The fraction of sp³-hybridized carbons (Fsp3) is 0.621. The molecule has 6 heteroatoms. The topological polar surface area (TPSA) is 78.9 Å². The van der Waals surface area contributed by atoms with Crippen LogP contribution in [0.25, 0.3) is 0 Å². The van der Waals surface area contributed by atoms with Gasteiger partial charge >= 0.3 is 17.9 Å². The highest BCUT2D eigenvalue weighted by atomic mass is 16.6. The van der Waals surface area contributed by atoms with E-state index in [2.05, 4.69) is 142 Å². The van der Waals surface area contributed by atoms with Crippen molar-refractivity contribution in [1.82, 2.24) is 0 Å². The van der Waals surface area contributed by atoms with Gasteiger partial charge in [-0.3, -0.25) is 14.4 Å². The summed E-state index contributed by atoms with van der Waals surface area (Å²) in [5.41, 5.74) is 0. The lowest BCUT2D eigenvalue weighted by Gasteiger charge is -2.18. The molecule has 72 heavy (non-hydrogen) atoms. The lowest BCUT2D eigenvalue weighted by Crippen LogP contribution is -2.30. The Labute approximate surface area is 443 Å². The first-order valence-corrected chi connectivity index (χ1v) is 29.2. The van der Waals surface area contributed by atoms with Gasteiger partial charge in [0.1, 0.15) is 13.2 Å². The maximum atomic E-state index is 12.9. The van der Waals surface area contributed by atoms with Crippen molar-refractivity contribution in [2.45, 2.75) is 252 Å². The van der Waals surface area contributed by atoms with Crippen molar-refractivity contribution in [1.29, 1.82) is 0 Å². The van der Waals surface area contributed by atoms with E-state index in [0.29, 0.717) is 12.8 Å². The van der Waals surface area contributed by atoms with Crippen LogP contribution < -0.4 is 0 Å². The molecule has 0 fully saturated rings. The molecule has 0 rings (SSSR count). The fourth-order valence-corrected chi connectivity index (χ4v) is 7.59. The number of esters is 3. The monoisotopic (exact) mass is 995 g/mol. The summed E-state index contributed by atoms with van der Waals surface area (Å²) in [6, 6.07) is 0. The van der Waals surface area contributed by atoms with Gasteiger partial charge in [0.2, 0.25) is 0 Å². The van der Waals surface area contributed by atoms with Gasteiger partial charge in [-0.05, 0) is 116 Å². The molecule has 0 radical (unpaired) electrons. The summed E-state index contributed by atoms with van der Waals surface area (Å²) >= 11 is 0. The highest BCUT2D eigenvalue weighted by Crippen LogP contribution is 2.14. The predicted molar refractivity (Wildman–Crippen MR) is 311 cm³/mol. The van der Waals surface area contributed by atoms with Crippen molar-refractivity contribution in [2.24, 2.45) is 0 Å². The molecule has 0 aromatic carbocycles. The van der Waals surface area contributed by atoms with Crippen LogP contribution >= 0.6 is 0 Å². The number of carbonyl (C=O) groups is 3. The van der Waals surface area contributed by atoms with Gasteiger partial charge in [0.15, 0.2) is 6.10 Å². The first-order valence-electron chi connectivity index (χ1n) is 29.2. The molecule has 0 N–H and O–H groups in total. The zero-order valence-electron chi connectivity index (χ0n) is 46.4. The highest BCUT2D eigenvalue weighted by Gasteiger charge is 2.19. The molecule has 0 aromatic heterocycles. The molecule has 0 saturated carbocycles. The van der Waals surface area contributed by atoms with Crippen LogP contribution in [0.5, 0.6) is 0 Å². The molecule has 1 unspecified atom stereocenters. The minimum Gasteiger partial charge on any atom is -0.462 e. The smallest absolute Gasteiger partial charge is 0.309 e. The number of ether oxygens (including phenoxy) is 3. The van der Waals surface area contributed by atoms with Crippen LogP contribution in [-0.2, 0) is 28.6 Å². The van der Waals surface area contributed by atoms with E-state index in [9.17, 15) is 14.4 Å². The molecular weight excluding hydrogens is 889 g/mol. The van der Waals surface area contributed by atoms with Crippen molar-refractivity contribution in [3.63, 3.8) is 0 Å². The third-order valence-electron chi connectivity index (χ3n) is 11.9. The van der Waals surface area contributed by atoms with E-state index >= 15 is 0 Å². The Morgan fingerprint density at radius 3 is 0.986 bits per heavy atom. The van der Waals surface area contributed by atoms with Gasteiger partial charge in [-0.25, -0.2) is 0 Å². The summed E-state index contributed by atoms with van der Waals surface area (Å²) < 4.78 is 16.8. The first kappa shape index (κ1) is 67.5. The molecule has 0 amide bonds. The first-order chi connectivity index (χ1) is 35.5. The average Bonchev–Trinajstić information content (AvgIpc) is 3.38. The number of allylic oxidation sites excluding steroid dienone is 21. The van der Waals surface area contributed by atoms with Crippen LogP contribution in [0.1, 0.15) is 245 Å². The SMILES string of the molecule is CC/C=C\C/C=C\C/C=C\C/C=C\C/C=C\CCCCCCCCCC(=O)OCC(COC(=O)C/C=C\C/C=C\C/C=C\C/C=C\C/C=C\CC)OC(=O)CCCCCCC/C=C\CCCCCCCCC. The van der Waals surface area contributed by atoms with E-state index in [1.54, 1.807) is 6.08 Å². The summed E-state index contributed by atoms with van der Waals surface area (Å²) in [5, 5.41) is 0.